The maximum atomic E-state index is 5.34. The van der Waals surface area contributed by atoms with Gasteiger partial charge < -0.3 is 4.74 Å². The first-order valence-corrected chi connectivity index (χ1v) is 4.32. The summed E-state index contributed by atoms with van der Waals surface area (Å²) in [6.07, 6.45) is 3.81. The number of nitrogens with zero attached hydrogens (tertiary/aromatic N) is 2. The van der Waals surface area contributed by atoms with E-state index < -0.39 is 0 Å². The zero-order valence-corrected chi connectivity index (χ0v) is 8.32. The van der Waals surface area contributed by atoms with E-state index in [1.54, 1.807) is 6.07 Å². The van der Waals surface area contributed by atoms with Crippen molar-refractivity contribution in [1.82, 2.24) is 9.97 Å². The smallest absolute Gasteiger partial charge is 0.240 e. The number of hydrazine groups is 1. The van der Waals surface area contributed by atoms with Crippen LogP contribution in [0.1, 0.15) is 12.6 Å². The molecule has 0 aliphatic heterocycles. The van der Waals surface area contributed by atoms with Crippen LogP contribution in [0.15, 0.2) is 18.2 Å². The zero-order valence-electron chi connectivity index (χ0n) is 8.32. The molecule has 0 atom stereocenters. The molecule has 0 bridgehead atoms. The van der Waals surface area contributed by atoms with Gasteiger partial charge in [-0.3, -0.25) is 5.43 Å². The second-order valence-corrected chi connectivity index (χ2v) is 2.70. The Bertz CT molecular complexity index is 325. The molecule has 3 N–H and O–H groups in total. The topological polar surface area (TPSA) is 73.1 Å². The molecule has 0 amide bonds. The molecular formula is C9H14N4O. The monoisotopic (exact) mass is 194 g/mol. The third-order valence-corrected chi connectivity index (χ3v) is 1.52. The Kier molecular flexibility index (Phi) is 3.87. The average molecular weight is 194 g/mol. The van der Waals surface area contributed by atoms with E-state index in [-0.39, 0.29) is 0 Å². The van der Waals surface area contributed by atoms with Crippen molar-refractivity contribution in [3.8, 4) is 5.88 Å². The molecule has 1 aromatic heterocycles. The first-order chi connectivity index (χ1) is 6.76. The minimum Gasteiger partial charge on any atom is -0.473 e. The van der Waals surface area contributed by atoms with Crippen LogP contribution in [0.25, 0.3) is 0 Å². The Hall–Kier alpha value is -1.62. The molecule has 0 spiro atoms. The van der Waals surface area contributed by atoms with Crippen LogP contribution < -0.4 is 16.0 Å². The largest absolute Gasteiger partial charge is 0.473 e. The van der Waals surface area contributed by atoms with E-state index in [0.717, 1.165) is 5.69 Å². The Morgan fingerprint density at radius 2 is 2.36 bits per heavy atom. The van der Waals surface area contributed by atoms with Gasteiger partial charge in [0, 0.05) is 11.8 Å². The molecule has 1 aromatic rings. The van der Waals surface area contributed by atoms with Gasteiger partial charge in [0.1, 0.15) is 6.61 Å². The number of aryl methyl sites for hydroxylation is 1. The molecule has 5 heteroatoms. The van der Waals surface area contributed by atoms with Crippen LogP contribution in [0, 0.1) is 6.92 Å². The molecule has 1 heterocycles. The third kappa shape index (κ3) is 3.02. The van der Waals surface area contributed by atoms with Crippen LogP contribution in [0.3, 0.4) is 0 Å². The molecule has 76 valence electrons. The minimum atomic E-state index is 0.362. The number of ether oxygens (including phenoxy) is 1. The fourth-order valence-electron chi connectivity index (χ4n) is 0.908. The number of aromatic nitrogens is 2. The van der Waals surface area contributed by atoms with E-state index in [2.05, 4.69) is 15.4 Å². The second kappa shape index (κ2) is 5.18. The van der Waals surface area contributed by atoms with E-state index >= 15 is 0 Å². The van der Waals surface area contributed by atoms with Crippen molar-refractivity contribution in [3.05, 3.63) is 23.9 Å². The van der Waals surface area contributed by atoms with Gasteiger partial charge >= 0.3 is 0 Å². The van der Waals surface area contributed by atoms with Crippen molar-refractivity contribution in [2.24, 2.45) is 5.84 Å². The second-order valence-electron chi connectivity index (χ2n) is 2.70. The highest BCUT2D eigenvalue weighted by Crippen LogP contribution is 2.10. The van der Waals surface area contributed by atoms with E-state index in [0.29, 0.717) is 18.4 Å². The molecule has 0 saturated heterocycles. The third-order valence-electron chi connectivity index (χ3n) is 1.52. The average Bonchev–Trinajstić information content (AvgIpc) is 2.17. The molecule has 1 rings (SSSR count). The highest BCUT2D eigenvalue weighted by Gasteiger charge is 2.00. The number of rotatable bonds is 4. The Labute approximate surface area is 83.0 Å². The van der Waals surface area contributed by atoms with Gasteiger partial charge in [0.25, 0.3) is 0 Å². The predicted molar refractivity (Wildman–Crippen MR) is 54.9 cm³/mol. The van der Waals surface area contributed by atoms with Crippen molar-refractivity contribution in [2.45, 2.75) is 13.8 Å². The molecule has 14 heavy (non-hydrogen) atoms. The maximum absolute atomic E-state index is 5.34. The van der Waals surface area contributed by atoms with Gasteiger partial charge in [0.15, 0.2) is 0 Å². The first kappa shape index (κ1) is 10.5. The van der Waals surface area contributed by atoms with Gasteiger partial charge in [0.2, 0.25) is 11.8 Å². The molecule has 0 fully saturated rings. The van der Waals surface area contributed by atoms with E-state index in [4.69, 9.17) is 10.6 Å². The lowest BCUT2D eigenvalue weighted by Gasteiger charge is -2.05. The maximum Gasteiger partial charge on any atom is 0.240 e. The number of allylic oxidation sites excluding steroid dienone is 1. The quantitative estimate of drug-likeness (QED) is 0.425. The zero-order chi connectivity index (χ0) is 10.4. The van der Waals surface area contributed by atoms with Gasteiger partial charge in [-0.15, -0.1) is 0 Å². The van der Waals surface area contributed by atoms with Crippen molar-refractivity contribution in [1.29, 1.82) is 0 Å². The van der Waals surface area contributed by atoms with Crippen molar-refractivity contribution >= 4 is 5.95 Å². The number of hydrogen-bond acceptors (Lipinski definition) is 5. The number of anilines is 1. The van der Waals surface area contributed by atoms with Crippen LogP contribution >= 0.6 is 0 Å². The van der Waals surface area contributed by atoms with E-state index in [9.17, 15) is 0 Å². The molecule has 5 nitrogen and oxygen atoms in total. The number of nitrogens with two attached hydrogens (primary N) is 1. The molecule has 0 aliphatic rings. The van der Waals surface area contributed by atoms with Crippen LogP contribution in [0.2, 0.25) is 0 Å². The molecule has 0 radical (unpaired) electrons. The summed E-state index contributed by atoms with van der Waals surface area (Å²) in [6.45, 7) is 4.28. The summed E-state index contributed by atoms with van der Waals surface area (Å²) in [4.78, 5) is 8.06. The van der Waals surface area contributed by atoms with Gasteiger partial charge in [-0.25, -0.2) is 10.8 Å². The summed E-state index contributed by atoms with van der Waals surface area (Å²) in [6, 6.07) is 1.75. The van der Waals surface area contributed by atoms with Gasteiger partial charge in [-0.1, -0.05) is 12.2 Å². The van der Waals surface area contributed by atoms with Crippen molar-refractivity contribution in [2.75, 3.05) is 12.0 Å². The van der Waals surface area contributed by atoms with Crippen molar-refractivity contribution in [3.63, 3.8) is 0 Å². The highest BCUT2D eigenvalue weighted by atomic mass is 16.5. The van der Waals surface area contributed by atoms with E-state index in [1.165, 1.54) is 0 Å². The molecule has 0 saturated carbocycles. The Balaban J connectivity index is 2.71. The van der Waals surface area contributed by atoms with E-state index in [1.807, 2.05) is 26.0 Å². The molecule has 0 unspecified atom stereocenters. The van der Waals surface area contributed by atoms with Crippen LogP contribution in [0.4, 0.5) is 5.95 Å². The lowest BCUT2D eigenvalue weighted by molar-refractivity contribution is 0.347. The predicted octanol–water partition coefficient (Wildman–Crippen LogP) is 1.03. The normalized spacial score (nSPS) is 10.5. The highest BCUT2D eigenvalue weighted by molar-refractivity contribution is 5.28. The summed E-state index contributed by atoms with van der Waals surface area (Å²) in [5, 5.41) is 0. The molecular weight excluding hydrogens is 180 g/mol. The first-order valence-electron chi connectivity index (χ1n) is 4.32. The minimum absolute atomic E-state index is 0.362. The lowest BCUT2D eigenvalue weighted by atomic mass is 10.4. The van der Waals surface area contributed by atoms with Gasteiger partial charge in [0.05, 0.1) is 0 Å². The lowest BCUT2D eigenvalue weighted by Crippen LogP contribution is -2.11. The van der Waals surface area contributed by atoms with Crippen LogP contribution in [-0.2, 0) is 0 Å². The fourth-order valence-corrected chi connectivity index (χ4v) is 0.908. The summed E-state index contributed by atoms with van der Waals surface area (Å²) in [5.74, 6) is 6.08. The van der Waals surface area contributed by atoms with Crippen LogP contribution in [-0.4, -0.2) is 16.6 Å². The van der Waals surface area contributed by atoms with Crippen LogP contribution in [0.5, 0.6) is 5.88 Å². The number of hydrogen-bond donors (Lipinski definition) is 2. The van der Waals surface area contributed by atoms with Crippen molar-refractivity contribution < 1.29 is 4.74 Å². The Morgan fingerprint density at radius 3 is 3.00 bits per heavy atom. The Morgan fingerprint density at radius 1 is 1.57 bits per heavy atom. The van der Waals surface area contributed by atoms with Gasteiger partial charge in [-0.2, -0.15) is 4.98 Å². The summed E-state index contributed by atoms with van der Waals surface area (Å²) in [7, 11) is 0. The summed E-state index contributed by atoms with van der Waals surface area (Å²) in [5.41, 5.74) is 3.19. The molecule has 0 aliphatic carbocycles. The standard InChI is InChI=1S/C9H14N4O/c1-3-4-5-14-8-6-7(2)11-9(12-8)13-10/h3-4,6H,5,10H2,1-2H3,(H,11,12,13)/b4-3+. The fraction of sp³-hybridized carbons (Fsp3) is 0.333. The number of nitrogen functional groups attached to an aromatic ring is 1. The SMILES string of the molecule is C/C=C/COc1cc(C)nc(NN)n1. The van der Waals surface area contributed by atoms with Gasteiger partial charge in [-0.05, 0) is 13.8 Å². The summed E-state index contributed by atoms with van der Waals surface area (Å²) >= 11 is 0. The number of nitrogens with one attached hydrogen (secondary N) is 1. The summed E-state index contributed by atoms with van der Waals surface area (Å²) < 4.78 is 5.34. The molecule has 0 aromatic carbocycles.